The maximum Gasteiger partial charge on any atom is 0.510 e. The third-order valence-corrected chi connectivity index (χ3v) is 3.25. The fourth-order valence-electron chi connectivity index (χ4n) is 1.77. The van der Waals surface area contributed by atoms with E-state index in [9.17, 15) is 8.76 Å². The largest absolute Gasteiger partial charge is 0.510 e. The zero-order valence-corrected chi connectivity index (χ0v) is 11.8. The highest BCUT2D eigenvalue weighted by Gasteiger charge is 2.15. The SMILES string of the molecule is CCCCCCCCCCCCOP(=O)(O)F. The van der Waals surface area contributed by atoms with Gasteiger partial charge in [-0.25, -0.2) is 4.57 Å². The Bertz CT molecular complexity index is 206. The molecule has 1 atom stereocenters. The number of unbranched alkanes of at least 4 members (excludes halogenated alkanes) is 9. The monoisotopic (exact) mass is 268 g/mol. The quantitative estimate of drug-likeness (QED) is 0.400. The first-order chi connectivity index (χ1) is 8.06. The van der Waals surface area contributed by atoms with Crippen molar-refractivity contribution < 1.29 is 18.2 Å². The van der Waals surface area contributed by atoms with Gasteiger partial charge in [0.25, 0.3) is 0 Å². The van der Waals surface area contributed by atoms with Crippen molar-refractivity contribution in [2.24, 2.45) is 0 Å². The molecule has 0 aromatic heterocycles. The molecule has 0 amide bonds. The van der Waals surface area contributed by atoms with E-state index in [4.69, 9.17) is 4.89 Å². The van der Waals surface area contributed by atoms with Crippen molar-refractivity contribution in [2.75, 3.05) is 6.61 Å². The van der Waals surface area contributed by atoms with Gasteiger partial charge in [0.2, 0.25) is 0 Å². The zero-order valence-electron chi connectivity index (χ0n) is 10.9. The van der Waals surface area contributed by atoms with Gasteiger partial charge in [0.05, 0.1) is 6.61 Å². The molecule has 0 aliphatic heterocycles. The standard InChI is InChI=1S/C12H26FO3P/c1-2-3-4-5-6-7-8-9-10-11-12-16-17(13,14)15/h2-12H2,1H3,(H,14,15). The van der Waals surface area contributed by atoms with E-state index in [2.05, 4.69) is 11.4 Å². The van der Waals surface area contributed by atoms with Crippen LogP contribution in [0.5, 0.6) is 0 Å². The molecular weight excluding hydrogens is 242 g/mol. The van der Waals surface area contributed by atoms with E-state index >= 15 is 0 Å². The Morgan fingerprint density at radius 2 is 1.35 bits per heavy atom. The van der Waals surface area contributed by atoms with Crippen molar-refractivity contribution in [3.8, 4) is 0 Å². The van der Waals surface area contributed by atoms with Crippen molar-refractivity contribution in [1.82, 2.24) is 0 Å². The van der Waals surface area contributed by atoms with Gasteiger partial charge >= 0.3 is 7.91 Å². The molecule has 0 rings (SSSR count). The Hall–Kier alpha value is 0.0800. The summed E-state index contributed by atoms with van der Waals surface area (Å²) in [5, 5.41) is 0. The Labute approximate surface area is 104 Å². The summed E-state index contributed by atoms with van der Waals surface area (Å²) in [5.74, 6) is 0. The van der Waals surface area contributed by atoms with Crippen LogP contribution in [0.1, 0.15) is 71.1 Å². The molecule has 104 valence electrons. The number of hydrogen-bond donors (Lipinski definition) is 1. The molecule has 5 heteroatoms. The van der Waals surface area contributed by atoms with Crippen LogP contribution in [0.3, 0.4) is 0 Å². The minimum absolute atomic E-state index is 0.0424. The average molecular weight is 268 g/mol. The van der Waals surface area contributed by atoms with Gasteiger partial charge in [-0.1, -0.05) is 64.7 Å². The molecule has 0 heterocycles. The lowest BCUT2D eigenvalue weighted by atomic mass is 10.1. The molecule has 0 fully saturated rings. The van der Waals surface area contributed by atoms with E-state index in [1.807, 2.05) is 0 Å². The predicted molar refractivity (Wildman–Crippen MR) is 68.7 cm³/mol. The van der Waals surface area contributed by atoms with Crippen LogP contribution in [0.15, 0.2) is 0 Å². The van der Waals surface area contributed by atoms with Crippen LogP contribution >= 0.6 is 7.91 Å². The molecule has 0 aliphatic carbocycles. The molecule has 1 unspecified atom stereocenters. The lowest BCUT2D eigenvalue weighted by Gasteiger charge is -2.03. The second-order valence-electron chi connectivity index (χ2n) is 4.47. The van der Waals surface area contributed by atoms with E-state index in [0.29, 0.717) is 6.42 Å². The summed E-state index contributed by atoms with van der Waals surface area (Å²) in [6, 6.07) is 0. The van der Waals surface area contributed by atoms with Gasteiger partial charge in [-0.3, -0.25) is 9.42 Å². The normalized spacial score (nSPS) is 14.8. The molecule has 0 spiro atoms. The zero-order chi connectivity index (χ0) is 13.0. The van der Waals surface area contributed by atoms with Gasteiger partial charge in [-0.2, -0.15) is 0 Å². The predicted octanol–water partition coefficient (Wildman–Crippen LogP) is 4.99. The second kappa shape index (κ2) is 11.2. The topological polar surface area (TPSA) is 46.5 Å². The molecule has 3 nitrogen and oxygen atoms in total. The van der Waals surface area contributed by atoms with Crippen LogP contribution in [-0.4, -0.2) is 11.5 Å². The highest BCUT2D eigenvalue weighted by atomic mass is 31.2. The van der Waals surface area contributed by atoms with E-state index in [1.165, 1.54) is 44.9 Å². The van der Waals surface area contributed by atoms with E-state index in [-0.39, 0.29) is 6.61 Å². The fraction of sp³-hybridized carbons (Fsp3) is 1.00. The van der Waals surface area contributed by atoms with E-state index in [1.54, 1.807) is 0 Å². The first-order valence-electron chi connectivity index (χ1n) is 6.73. The first kappa shape index (κ1) is 17.1. The Morgan fingerprint density at radius 3 is 1.76 bits per heavy atom. The maximum atomic E-state index is 12.1. The van der Waals surface area contributed by atoms with Gasteiger partial charge in [-0.05, 0) is 6.42 Å². The first-order valence-corrected chi connectivity index (χ1v) is 8.20. The smallest absolute Gasteiger partial charge is 0.299 e. The van der Waals surface area contributed by atoms with Crippen LogP contribution in [0.2, 0.25) is 0 Å². The van der Waals surface area contributed by atoms with Gasteiger partial charge in [0.1, 0.15) is 0 Å². The number of rotatable bonds is 12. The second-order valence-corrected chi connectivity index (χ2v) is 5.63. The van der Waals surface area contributed by atoms with Crippen LogP contribution in [0.4, 0.5) is 4.20 Å². The third kappa shape index (κ3) is 16.1. The van der Waals surface area contributed by atoms with Crippen molar-refractivity contribution >= 4 is 7.91 Å². The van der Waals surface area contributed by atoms with Gasteiger partial charge in [-0.15, -0.1) is 4.20 Å². The molecular formula is C12H26FO3P. The van der Waals surface area contributed by atoms with E-state index in [0.717, 1.165) is 12.8 Å². The van der Waals surface area contributed by atoms with Crippen LogP contribution in [0.25, 0.3) is 0 Å². The maximum absolute atomic E-state index is 12.1. The van der Waals surface area contributed by atoms with Crippen LogP contribution < -0.4 is 0 Å². The molecule has 0 aliphatic rings. The van der Waals surface area contributed by atoms with Crippen molar-refractivity contribution in [2.45, 2.75) is 71.1 Å². The average Bonchev–Trinajstić information content (AvgIpc) is 2.24. The van der Waals surface area contributed by atoms with Gasteiger partial charge in [0, 0.05) is 0 Å². The molecule has 0 radical (unpaired) electrons. The Kier molecular flexibility index (Phi) is 11.2. The van der Waals surface area contributed by atoms with Crippen molar-refractivity contribution in [3.05, 3.63) is 0 Å². The summed E-state index contributed by atoms with van der Waals surface area (Å²) < 4.78 is 26.3. The third-order valence-electron chi connectivity index (χ3n) is 2.75. The Balaban J connectivity index is 3.01. The summed E-state index contributed by atoms with van der Waals surface area (Å²) in [4.78, 5) is 8.23. The molecule has 17 heavy (non-hydrogen) atoms. The lowest BCUT2D eigenvalue weighted by Crippen LogP contribution is -1.90. The molecule has 0 saturated carbocycles. The summed E-state index contributed by atoms with van der Waals surface area (Å²) in [6.07, 6.45) is 11.7. The molecule has 0 aromatic carbocycles. The Morgan fingerprint density at radius 1 is 0.941 bits per heavy atom. The molecule has 0 saturated heterocycles. The summed E-state index contributed by atoms with van der Waals surface area (Å²) in [7, 11) is -4.74. The van der Waals surface area contributed by atoms with Gasteiger partial charge < -0.3 is 0 Å². The molecule has 0 bridgehead atoms. The van der Waals surface area contributed by atoms with Crippen molar-refractivity contribution in [3.63, 3.8) is 0 Å². The summed E-state index contributed by atoms with van der Waals surface area (Å²) in [5.41, 5.74) is 0. The van der Waals surface area contributed by atoms with Crippen LogP contribution in [0, 0.1) is 0 Å². The highest BCUT2D eigenvalue weighted by molar-refractivity contribution is 7.46. The van der Waals surface area contributed by atoms with Crippen LogP contribution in [-0.2, 0) is 9.09 Å². The fourth-order valence-corrected chi connectivity index (χ4v) is 2.12. The summed E-state index contributed by atoms with van der Waals surface area (Å²) in [6.45, 7) is 2.26. The van der Waals surface area contributed by atoms with Gasteiger partial charge in [0.15, 0.2) is 0 Å². The van der Waals surface area contributed by atoms with E-state index < -0.39 is 7.91 Å². The lowest BCUT2D eigenvalue weighted by molar-refractivity contribution is 0.221. The highest BCUT2D eigenvalue weighted by Crippen LogP contribution is 2.43. The molecule has 1 N–H and O–H groups in total. The summed E-state index contributed by atoms with van der Waals surface area (Å²) >= 11 is 0. The van der Waals surface area contributed by atoms with Crippen molar-refractivity contribution in [1.29, 1.82) is 0 Å². The minimum Gasteiger partial charge on any atom is -0.299 e. The number of hydrogen-bond acceptors (Lipinski definition) is 2. The minimum atomic E-state index is -4.74. The molecule has 0 aromatic rings. The number of halogens is 1.